The molecule has 0 amide bonds. The Bertz CT molecular complexity index is 701. The van der Waals surface area contributed by atoms with Gasteiger partial charge in [0.2, 0.25) is 0 Å². The largest absolute Gasteiger partial charge is 0.462 e. The molecule has 1 aromatic carbocycles. The number of anilines is 1. The molecule has 5 nitrogen and oxygen atoms in total. The molecule has 0 bridgehead atoms. The molecule has 1 aliphatic rings. The van der Waals surface area contributed by atoms with Gasteiger partial charge < -0.3 is 10.1 Å². The Morgan fingerprint density at radius 1 is 1.28 bits per heavy atom. The van der Waals surface area contributed by atoms with Gasteiger partial charge >= 0.3 is 5.97 Å². The van der Waals surface area contributed by atoms with Crippen molar-refractivity contribution in [2.45, 2.75) is 40.2 Å². The number of ketones is 2. The molecule has 1 N–H and O–H groups in total. The monoisotopic (exact) mass is 343 g/mol. The van der Waals surface area contributed by atoms with Crippen molar-refractivity contribution in [3.8, 4) is 0 Å². The molecule has 0 aromatic heterocycles. The second kappa shape index (κ2) is 7.21. The van der Waals surface area contributed by atoms with E-state index in [0.29, 0.717) is 23.4 Å². The summed E-state index contributed by atoms with van der Waals surface area (Å²) in [6.45, 7) is 11.8. The fourth-order valence-corrected chi connectivity index (χ4v) is 2.64. The van der Waals surface area contributed by atoms with Gasteiger partial charge in [0.05, 0.1) is 12.2 Å². The van der Waals surface area contributed by atoms with Crippen molar-refractivity contribution in [2.75, 3.05) is 11.9 Å². The minimum absolute atomic E-state index is 0.150. The summed E-state index contributed by atoms with van der Waals surface area (Å²) in [5, 5.41) is 2.95. The van der Waals surface area contributed by atoms with Crippen LogP contribution in [-0.2, 0) is 14.3 Å². The predicted molar refractivity (Wildman–Crippen MR) is 96.5 cm³/mol. The summed E-state index contributed by atoms with van der Waals surface area (Å²) in [5.74, 6) is -0.546. The third-order valence-corrected chi connectivity index (χ3v) is 4.29. The van der Waals surface area contributed by atoms with Gasteiger partial charge in [-0.15, -0.1) is 0 Å². The molecular weight excluding hydrogens is 318 g/mol. The first-order valence-electron chi connectivity index (χ1n) is 8.42. The predicted octanol–water partition coefficient (Wildman–Crippen LogP) is 3.40. The van der Waals surface area contributed by atoms with Gasteiger partial charge in [0.1, 0.15) is 6.04 Å². The lowest BCUT2D eigenvalue weighted by Crippen LogP contribution is -2.47. The zero-order valence-corrected chi connectivity index (χ0v) is 15.2. The van der Waals surface area contributed by atoms with Gasteiger partial charge in [0.15, 0.2) is 11.6 Å². The molecule has 1 saturated carbocycles. The standard InChI is InChI=1S/C20H25NO4/c1-12(2)11-25-19(24)14-6-8-15(9-7-14)21-17-16(22)10-20(4,5)13(3)18(17)23/h6-9,12,17,21H,3,10-11H2,1-2,4-5H3. The number of nitrogens with one attached hydrogen (secondary N) is 1. The van der Waals surface area contributed by atoms with Crippen LogP contribution in [0.25, 0.3) is 0 Å². The number of rotatable bonds is 5. The molecule has 25 heavy (non-hydrogen) atoms. The Morgan fingerprint density at radius 3 is 2.44 bits per heavy atom. The summed E-state index contributed by atoms with van der Waals surface area (Å²) < 4.78 is 5.17. The van der Waals surface area contributed by atoms with Crippen molar-refractivity contribution in [1.82, 2.24) is 0 Å². The maximum Gasteiger partial charge on any atom is 0.338 e. The maximum absolute atomic E-state index is 12.4. The van der Waals surface area contributed by atoms with Crippen LogP contribution in [0.4, 0.5) is 5.69 Å². The first-order valence-corrected chi connectivity index (χ1v) is 8.42. The summed E-state index contributed by atoms with van der Waals surface area (Å²) in [4.78, 5) is 36.6. The van der Waals surface area contributed by atoms with Crippen molar-refractivity contribution < 1.29 is 19.1 Å². The van der Waals surface area contributed by atoms with Gasteiger partial charge in [-0.1, -0.05) is 34.3 Å². The molecule has 1 aromatic rings. The van der Waals surface area contributed by atoms with E-state index in [0.717, 1.165) is 0 Å². The molecule has 0 heterocycles. The van der Waals surface area contributed by atoms with Crippen molar-refractivity contribution in [3.63, 3.8) is 0 Å². The Labute approximate surface area is 148 Å². The number of benzene rings is 1. The minimum Gasteiger partial charge on any atom is -0.462 e. The van der Waals surface area contributed by atoms with Crippen LogP contribution in [0.5, 0.6) is 0 Å². The Morgan fingerprint density at radius 2 is 1.88 bits per heavy atom. The van der Waals surface area contributed by atoms with Gasteiger partial charge in [-0.2, -0.15) is 0 Å². The Balaban J connectivity index is 2.06. The van der Waals surface area contributed by atoms with Gasteiger partial charge in [-0.25, -0.2) is 4.79 Å². The highest BCUT2D eigenvalue weighted by molar-refractivity contribution is 6.18. The molecule has 0 radical (unpaired) electrons. The van der Waals surface area contributed by atoms with E-state index >= 15 is 0 Å². The fraction of sp³-hybridized carbons (Fsp3) is 0.450. The summed E-state index contributed by atoms with van der Waals surface area (Å²) in [6.07, 6.45) is 0.273. The summed E-state index contributed by atoms with van der Waals surface area (Å²) >= 11 is 0. The van der Waals surface area contributed by atoms with Crippen molar-refractivity contribution >= 4 is 23.2 Å². The van der Waals surface area contributed by atoms with Crippen LogP contribution < -0.4 is 5.32 Å². The summed E-state index contributed by atoms with van der Waals surface area (Å²) in [7, 11) is 0. The average Bonchev–Trinajstić information content (AvgIpc) is 2.55. The molecular formula is C20H25NO4. The lowest BCUT2D eigenvalue weighted by atomic mass is 9.71. The van der Waals surface area contributed by atoms with Crippen molar-refractivity contribution in [1.29, 1.82) is 0 Å². The number of hydrogen-bond acceptors (Lipinski definition) is 5. The number of esters is 1. The average molecular weight is 343 g/mol. The second-order valence-electron chi connectivity index (χ2n) is 7.52. The van der Waals surface area contributed by atoms with Crippen LogP contribution in [0.15, 0.2) is 36.4 Å². The minimum atomic E-state index is -0.917. The molecule has 1 unspecified atom stereocenters. The first-order chi connectivity index (χ1) is 11.6. The zero-order chi connectivity index (χ0) is 18.8. The smallest absolute Gasteiger partial charge is 0.338 e. The number of ether oxygens (including phenoxy) is 1. The lowest BCUT2D eigenvalue weighted by molar-refractivity contribution is -0.130. The van der Waals surface area contributed by atoms with Gasteiger partial charge in [-0.05, 0) is 41.2 Å². The molecule has 0 aliphatic heterocycles. The van der Waals surface area contributed by atoms with Crippen molar-refractivity contribution in [3.05, 3.63) is 42.0 Å². The molecule has 2 rings (SSSR count). The van der Waals surface area contributed by atoms with Crippen LogP contribution in [0, 0.1) is 11.3 Å². The van der Waals surface area contributed by atoms with E-state index in [1.165, 1.54) is 0 Å². The first kappa shape index (κ1) is 18.9. The second-order valence-corrected chi connectivity index (χ2v) is 7.52. The van der Waals surface area contributed by atoms with Crippen LogP contribution >= 0.6 is 0 Å². The normalized spacial score (nSPS) is 19.9. The maximum atomic E-state index is 12.4. The Hall–Kier alpha value is -2.43. The fourth-order valence-electron chi connectivity index (χ4n) is 2.64. The van der Waals surface area contributed by atoms with Gasteiger partial charge in [0, 0.05) is 12.1 Å². The van der Waals surface area contributed by atoms with E-state index in [-0.39, 0.29) is 29.9 Å². The topological polar surface area (TPSA) is 72.5 Å². The molecule has 134 valence electrons. The molecule has 1 aliphatic carbocycles. The number of carbonyl (C=O) groups is 3. The van der Waals surface area contributed by atoms with Crippen molar-refractivity contribution in [2.24, 2.45) is 11.3 Å². The highest BCUT2D eigenvalue weighted by Crippen LogP contribution is 2.36. The molecule has 0 spiro atoms. The quantitative estimate of drug-likeness (QED) is 0.504. The SMILES string of the molecule is C=C1C(=O)C(Nc2ccc(C(=O)OCC(C)C)cc2)C(=O)CC1(C)C. The summed E-state index contributed by atoms with van der Waals surface area (Å²) in [5.41, 5.74) is 0.979. The molecule has 1 atom stereocenters. The van der Waals surface area contributed by atoms with Crippen LogP contribution in [0.3, 0.4) is 0 Å². The molecule has 0 saturated heterocycles. The number of Topliss-reactive ketones (excluding diaryl/α,β-unsaturated/α-hetero) is 2. The zero-order valence-electron chi connectivity index (χ0n) is 15.2. The van der Waals surface area contributed by atoms with E-state index in [2.05, 4.69) is 11.9 Å². The summed E-state index contributed by atoms with van der Waals surface area (Å²) in [6, 6.07) is 5.63. The third kappa shape index (κ3) is 4.35. The van der Waals surface area contributed by atoms with Crippen LogP contribution in [-0.4, -0.2) is 30.2 Å². The number of hydrogen-bond donors (Lipinski definition) is 1. The lowest BCUT2D eigenvalue weighted by Gasteiger charge is -2.34. The highest BCUT2D eigenvalue weighted by atomic mass is 16.5. The third-order valence-electron chi connectivity index (χ3n) is 4.29. The Kier molecular flexibility index (Phi) is 5.45. The van der Waals surface area contributed by atoms with Crippen LogP contribution in [0.2, 0.25) is 0 Å². The van der Waals surface area contributed by atoms with E-state index < -0.39 is 11.5 Å². The highest BCUT2D eigenvalue weighted by Gasteiger charge is 2.42. The van der Waals surface area contributed by atoms with E-state index in [9.17, 15) is 14.4 Å². The molecule has 5 heteroatoms. The van der Waals surface area contributed by atoms with Crippen LogP contribution in [0.1, 0.15) is 44.5 Å². The molecule has 1 fully saturated rings. The van der Waals surface area contributed by atoms with Gasteiger partial charge in [0.25, 0.3) is 0 Å². The van der Waals surface area contributed by atoms with E-state index in [4.69, 9.17) is 4.74 Å². The number of carbonyl (C=O) groups excluding carboxylic acids is 3. The van der Waals surface area contributed by atoms with E-state index in [1.54, 1.807) is 24.3 Å². The van der Waals surface area contributed by atoms with E-state index in [1.807, 2.05) is 27.7 Å². The van der Waals surface area contributed by atoms with Gasteiger partial charge in [-0.3, -0.25) is 9.59 Å².